The molecule has 0 saturated heterocycles. The van der Waals surface area contributed by atoms with E-state index in [1.165, 1.54) is 7.11 Å². The highest BCUT2D eigenvalue weighted by molar-refractivity contribution is 6.32. The lowest BCUT2D eigenvalue weighted by Gasteiger charge is -2.24. The summed E-state index contributed by atoms with van der Waals surface area (Å²) in [5.74, 6) is -0.671. The van der Waals surface area contributed by atoms with Crippen LogP contribution in [0.4, 0.5) is 0 Å². The summed E-state index contributed by atoms with van der Waals surface area (Å²) in [6.45, 7) is 0.300. The topological polar surface area (TPSA) is 94.1 Å². The van der Waals surface area contributed by atoms with Crippen molar-refractivity contribution in [2.75, 3.05) is 13.7 Å². The maximum atomic E-state index is 12.7. The van der Waals surface area contributed by atoms with Crippen LogP contribution < -0.4 is 14.8 Å². The number of nitrogens with one attached hydrogen (secondary N) is 1. The fourth-order valence-electron chi connectivity index (χ4n) is 3.83. The summed E-state index contributed by atoms with van der Waals surface area (Å²) in [5, 5.41) is 13.2. The first-order valence-corrected chi connectivity index (χ1v) is 11.6. The zero-order chi connectivity index (χ0) is 24.9. The maximum absolute atomic E-state index is 12.7. The molecule has 4 rings (SSSR count). The summed E-state index contributed by atoms with van der Waals surface area (Å²) >= 11 is 12.4. The smallest absolute Gasteiger partial charge is 0.311 e. The van der Waals surface area contributed by atoms with Crippen molar-refractivity contribution in [2.45, 2.75) is 25.0 Å². The van der Waals surface area contributed by atoms with E-state index in [0.29, 0.717) is 52.8 Å². The van der Waals surface area contributed by atoms with Crippen molar-refractivity contribution in [2.24, 2.45) is 0 Å². The van der Waals surface area contributed by atoms with Crippen LogP contribution in [0.25, 0.3) is 0 Å². The molecule has 0 fully saturated rings. The zero-order valence-corrected chi connectivity index (χ0v) is 20.3. The normalized spacial score (nSPS) is 15.5. The van der Waals surface area contributed by atoms with Crippen molar-refractivity contribution >= 4 is 35.1 Å². The van der Waals surface area contributed by atoms with Gasteiger partial charge in [0, 0.05) is 35.7 Å². The number of aliphatic carboxylic acids is 1. The molecule has 2 unspecified atom stereocenters. The van der Waals surface area contributed by atoms with E-state index in [1.54, 1.807) is 42.5 Å². The number of rotatable bonds is 8. The number of carboxylic acids is 1. The molecule has 7 nitrogen and oxygen atoms in total. The lowest BCUT2D eigenvalue weighted by Crippen LogP contribution is -2.37. The first kappa shape index (κ1) is 24.9. The molecule has 0 aromatic heterocycles. The Morgan fingerprint density at radius 2 is 1.91 bits per heavy atom. The Morgan fingerprint density at radius 1 is 1.14 bits per heavy atom. The molecule has 1 aliphatic rings. The number of halogens is 2. The highest BCUT2D eigenvalue weighted by Crippen LogP contribution is 2.41. The van der Waals surface area contributed by atoms with Crippen molar-refractivity contribution < 1.29 is 28.9 Å². The Hall–Kier alpha value is -3.26. The Bertz CT molecular complexity index is 1230. The quantitative estimate of drug-likeness (QED) is 0.374. The van der Waals surface area contributed by atoms with Gasteiger partial charge in [-0.15, -0.1) is 0 Å². The van der Waals surface area contributed by atoms with Crippen LogP contribution in [0.15, 0.2) is 60.7 Å². The van der Waals surface area contributed by atoms with Gasteiger partial charge in [0.2, 0.25) is 0 Å². The van der Waals surface area contributed by atoms with E-state index in [0.717, 1.165) is 5.56 Å². The number of amides is 1. The van der Waals surface area contributed by atoms with Gasteiger partial charge in [0.25, 0.3) is 5.91 Å². The van der Waals surface area contributed by atoms with Crippen LogP contribution in [-0.2, 0) is 16.0 Å². The molecule has 182 valence electrons. The third-order valence-corrected chi connectivity index (χ3v) is 6.16. The number of ether oxygens (including phenoxy) is 3. The van der Waals surface area contributed by atoms with E-state index >= 15 is 0 Å². The fraction of sp³-hybridized carbons (Fsp3) is 0.231. The summed E-state index contributed by atoms with van der Waals surface area (Å²) in [6, 6.07) is 17.1. The van der Waals surface area contributed by atoms with Gasteiger partial charge in [-0.25, -0.2) is 0 Å². The largest absolute Gasteiger partial charge is 0.493 e. The molecule has 0 spiro atoms. The number of hydrogen-bond acceptors (Lipinski definition) is 5. The van der Waals surface area contributed by atoms with Crippen molar-refractivity contribution in [1.29, 1.82) is 0 Å². The molecule has 35 heavy (non-hydrogen) atoms. The van der Waals surface area contributed by atoms with Gasteiger partial charge in [0.1, 0.15) is 23.5 Å². The minimum Gasteiger partial charge on any atom is -0.493 e. The van der Waals surface area contributed by atoms with Gasteiger partial charge in [0.05, 0.1) is 17.5 Å². The SMILES string of the molecule is COC(Cc1cccc(Cl)c1)NC(=O)c1ccc(Oc2cc3c(cc2Cl)C(C(=O)O)CCO3)cc1. The van der Waals surface area contributed by atoms with Crippen LogP contribution in [0.5, 0.6) is 17.2 Å². The molecule has 3 aromatic carbocycles. The molecular formula is C26H23Cl2NO6. The fourth-order valence-corrected chi connectivity index (χ4v) is 4.25. The van der Waals surface area contributed by atoms with Gasteiger partial charge in [-0.3, -0.25) is 9.59 Å². The van der Waals surface area contributed by atoms with Crippen molar-refractivity contribution in [3.05, 3.63) is 87.4 Å². The maximum Gasteiger partial charge on any atom is 0.311 e. The van der Waals surface area contributed by atoms with E-state index in [1.807, 2.05) is 18.2 Å². The van der Waals surface area contributed by atoms with Crippen molar-refractivity contribution in [1.82, 2.24) is 5.32 Å². The molecule has 0 radical (unpaired) electrons. The zero-order valence-electron chi connectivity index (χ0n) is 18.8. The Kier molecular flexibility index (Phi) is 7.80. The second kappa shape index (κ2) is 11.0. The van der Waals surface area contributed by atoms with E-state index in [4.69, 9.17) is 37.4 Å². The molecule has 1 aliphatic heterocycles. The molecular weight excluding hydrogens is 493 g/mol. The molecule has 0 saturated carbocycles. The average Bonchev–Trinajstić information content (AvgIpc) is 2.84. The summed E-state index contributed by atoms with van der Waals surface area (Å²) in [7, 11) is 1.52. The van der Waals surface area contributed by atoms with Gasteiger partial charge in [-0.05, 0) is 54.4 Å². The van der Waals surface area contributed by atoms with Gasteiger partial charge in [0.15, 0.2) is 0 Å². The molecule has 1 heterocycles. The van der Waals surface area contributed by atoms with Crippen molar-refractivity contribution in [3.8, 4) is 17.2 Å². The predicted octanol–water partition coefficient (Wildman–Crippen LogP) is 5.68. The minimum atomic E-state index is -0.920. The molecule has 2 atom stereocenters. The van der Waals surface area contributed by atoms with E-state index < -0.39 is 18.1 Å². The number of carbonyl (C=O) groups is 2. The van der Waals surface area contributed by atoms with Crippen LogP contribution in [0.1, 0.15) is 33.8 Å². The monoisotopic (exact) mass is 515 g/mol. The summed E-state index contributed by atoms with van der Waals surface area (Å²) in [4.78, 5) is 24.2. The van der Waals surface area contributed by atoms with Crippen LogP contribution in [-0.4, -0.2) is 36.9 Å². The number of carbonyl (C=O) groups excluding carboxylic acids is 1. The summed E-state index contributed by atoms with van der Waals surface area (Å²) in [5.41, 5.74) is 1.89. The molecule has 0 aliphatic carbocycles. The summed E-state index contributed by atoms with van der Waals surface area (Å²) in [6.07, 6.45) is 0.317. The van der Waals surface area contributed by atoms with Crippen LogP contribution in [0.2, 0.25) is 10.0 Å². The second-order valence-corrected chi connectivity index (χ2v) is 8.85. The van der Waals surface area contributed by atoms with Gasteiger partial charge < -0.3 is 24.6 Å². The highest BCUT2D eigenvalue weighted by atomic mass is 35.5. The second-order valence-electron chi connectivity index (χ2n) is 8.01. The highest BCUT2D eigenvalue weighted by Gasteiger charge is 2.29. The van der Waals surface area contributed by atoms with Gasteiger partial charge in [-0.1, -0.05) is 35.3 Å². The van der Waals surface area contributed by atoms with Crippen LogP contribution in [0, 0.1) is 0 Å². The number of benzene rings is 3. The van der Waals surface area contributed by atoms with E-state index in [-0.39, 0.29) is 10.9 Å². The minimum absolute atomic E-state index is 0.270. The van der Waals surface area contributed by atoms with E-state index in [2.05, 4.69) is 5.32 Å². The van der Waals surface area contributed by atoms with Gasteiger partial charge >= 0.3 is 5.97 Å². The number of methoxy groups -OCH3 is 1. The number of hydrogen-bond donors (Lipinski definition) is 2. The molecule has 1 amide bonds. The van der Waals surface area contributed by atoms with E-state index in [9.17, 15) is 14.7 Å². The third-order valence-electron chi connectivity index (χ3n) is 5.63. The van der Waals surface area contributed by atoms with Crippen LogP contribution in [0.3, 0.4) is 0 Å². The standard InChI is InChI=1S/C26H23Cl2NO6/c1-33-24(12-15-3-2-4-17(27)11-15)29-25(30)16-5-7-18(8-6-16)35-23-14-22-20(13-21(23)28)19(26(31)32)9-10-34-22/h2-8,11,13-14,19,24H,9-10,12H2,1H3,(H,29,30)(H,31,32). The molecule has 0 bridgehead atoms. The predicted molar refractivity (Wildman–Crippen MR) is 132 cm³/mol. The molecule has 3 aromatic rings. The lowest BCUT2D eigenvalue weighted by molar-refractivity contribution is -0.139. The Labute approximate surface area is 212 Å². The Morgan fingerprint density at radius 3 is 2.60 bits per heavy atom. The number of fused-ring (bicyclic) bond motifs is 1. The third kappa shape index (κ3) is 6.06. The first-order chi connectivity index (χ1) is 16.8. The molecule has 9 heteroatoms. The lowest BCUT2D eigenvalue weighted by atomic mass is 9.93. The summed E-state index contributed by atoms with van der Waals surface area (Å²) < 4.78 is 16.9. The number of carboxylic acid groups (broad SMARTS) is 1. The Balaban J connectivity index is 1.42. The van der Waals surface area contributed by atoms with Gasteiger partial charge in [-0.2, -0.15) is 0 Å². The first-order valence-electron chi connectivity index (χ1n) is 10.9. The van der Waals surface area contributed by atoms with Crippen molar-refractivity contribution in [3.63, 3.8) is 0 Å². The molecule has 2 N–H and O–H groups in total. The van der Waals surface area contributed by atoms with Crippen LogP contribution >= 0.6 is 23.2 Å². The average molecular weight is 516 g/mol.